The molecule has 14 heteroatoms. The molecule has 0 saturated carbocycles. The predicted molar refractivity (Wildman–Crippen MR) is 186 cm³/mol. The number of rotatable bonds is 18. The van der Waals surface area contributed by atoms with Crippen molar-refractivity contribution in [1.82, 2.24) is 31.0 Å². The summed E-state index contributed by atoms with van der Waals surface area (Å²) in [6, 6.07) is 6.82. The Labute approximate surface area is 291 Å². The van der Waals surface area contributed by atoms with E-state index in [1.165, 1.54) is 6.92 Å². The molecule has 268 valence electrons. The molecule has 49 heavy (non-hydrogen) atoms. The molecule has 1 aromatic carbocycles. The summed E-state index contributed by atoms with van der Waals surface area (Å²) >= 11 is 1.58. The molecule has 4 N–H and O–H groups in total. The van der Waals surface area contributed by atoms with E-state index < -0.39 is 35.9 Å². The molecule has 4 rings (SSSR count). The maximum atomic E-state index is 13.5. The number of carbonyl (C=O) groups is 3. The van der Waals surface area contributed by atoms with Crippen LogP contribution in [0, 0.1) is 24.2 Å². The number of para-hydroxylation sites is 1. The Morgan fingerprint density at radius 3 is 2.59 bits per heavy atom. The van der Waals surface area contributed by atoms with Crippen LogP contribution in [0.5, 0.6) is 0 Å². The average molecular weight is 699 g/mol. The lowest BCUT2D eigenvalue weighted by molar-refractivity contribution is -0.152. The normalized spacial score (nSPS) is 21.1. The van der Waals surface area contributed by atoms with Crippen molar-refractivity contribution in [3.05, 3.63) is 45.9 Å². The summed E-state index contributed by atoms with van der Waals surface area (Å²) in [5, 5.41) is 32.8. The van der Waals surface area contributed by atoms with Crippen LogP contribution in [0.2, 0.25) is 0 Å². The first-order chi connectivity index (χ1) is 23.0. The van der Waals surface area contributed by atoms with E-state index in [1.807, 2.05) is 32.2 Å². The molecule has 1 amide bonds. The lowest BCUT2D eigenvalue weighted by atomic mass is 9.73. The number of hydrogen-bond acceptors (Lipinski definition) is 12. The Morgan fingerprint density at radius 2 is 1.92 bits per heavy atom. The standard InChI is InChI=1S/C35H50N6O7S/c1-20(12-11-15-35(8)30(47-35)17-27(38-37-23(4)42)21(2)16-25-19-49-24(5)36-25)32(45)22(3)33(46)34(6,7)29(43)18-31(44)48-41-28-14-10-9-13-26(28)39-40-41/h9-10,13-14,16,19-20,22,27,29-30,32,38,43,45H,11-12,15,17-18H2,1-8H3,(H,37,42)/b21-16+/t20-,22+,27-,29-,30-,32-,35+/m0/s1. The zero-order chi connectivity index (χ0) is 36.1. The van der Waals surface area contributed by atoms with Crippen LogP contribution in [0.4, 0.5) is 0 Å². The lowest BCUT2D eigenvalue weighted by Gasteiger charge is -2.34. The fourth-order valence-electron chi connectivity index (χ4n) is 6.16. The van der Waals surface area contributed by atoms with Crippen molar-refractivity contribution < 1.29 is 34.2 Å². The van der Waals surface area contributed by atoms with Crippen LogP contribution < -0.4 is 15.7 Å². The van der Waals surface area contributed by atoms with Crippen LogP contribution in [0.15, 0.2) is 35.2 Å². The topological polar surface area (TPSA) is 181 Å². The Bertz CT molecular complexity index is 1650. The van der Waals surface area contributed by atoms with Gasteiger partial charge in [0.05, 0.1) is 46.5 Å². The maximum Gasteiger partial charge on any atom is 0.337 e. The molecule has 2 aromatic heterocycles. The smallest absolute Gasteiger partial charge is 0.337 e. The van der Waals surface area contributed by atoms with Gasteiger partial charge in [0.1, 0.15) is 16.8 Å². The molecule has 0 unspecified atom stereocenters. The van der Waals surface area contributed by atoms with Crippen molar-refractivity contribution in [2.45, 2.75) is 117 Å². The number of carbonyl (C=O) groups excluding carboxylic acids is 3. The summed E-state index contributed by atoms with van der Waals surface area (Å²) in [6.07, 6.45) is 2.15. The zero-order valence-electron chi connectivity index (χ0n) is 29.6. The van der Waals surface area contributed by atoms with Crippen LogP contribution in [0.3, 0.4) is 0 Å². The second-order valence-electron chi connectivity index (χ2n) is 14.1. The third kappa shape index (κ3) is 9.79. The van der Waals surface area contributed by atoms with E-state index in [4.69, 9.17) is 9.57 Å². The number of ether oxygens (including phenoxy) is 1. The van der Waals surface area contributed by atoms with Crippen molar-refractivity contribution in [1.29, 1.82) is 0 Å². The average Bonchev–Trinajstić information content (AvgIpc) is 3.30. The molecule has 1 saturated heterocycles. The van der Waals surface area contributed by atoms with Crippen LogP contribution in [0.25, 0.3) is 17.1 Å². The summed E-state index contributed by atoms with van der Waals surface area (Å²) in [4.78, 5) is 48.6. The molecule has 0 bridgehead atoms. The summed E-state index contributed by atoms with van der Waals surface area (Å²) in [5.74, 6) is -2.26. The Kier molecular flexibility index (Phi) is 12.5. The minimum Gasteiger partial charge on any atom is -0.392 e. The molecule has 1 aliphatic rings. The molecular formula is C35H50N6O7S. The lowest BCUT2D eigenvalue weighted by Crippen LogP contribution is -2.46. The molecule has 7 atom stereocenters. The summed E-state index contributed by atoms with van der Waals surface area (Å²) in [6.45, 7) is 14.2. The van der Waals surface area contributed by atoms with Crippen molar-refractivity contribution in [2.24, 2.45) is 17.3 Å². The van der Waals surface area contributed by atoms with E-state index in [2.05, 4.69) is 33.1 Å². The van der Waals surface area contributed by atoms with E-state index in [0.717, 1.165) is 34.0 Å². The van der Waals surface area contributed by atoms with E-state index in [1.54, 1.807) is 56.4 Å². The van der Waals surface area contributed by atoms with Crippen LogP contribution in [-0.2, 0) is 19.1 Å². The summed E-state index contributed by atoms with van der Waals surface area (Å²) in [7, 11) is 0. The number of hydrogen-bond donors (Lipinski definition) is 4. The summed E-state index contributed by atoms with van der Waals surface area (Å²) in [5.41, 5.74) is 7.13. The number of aliphatic hydroxyl groups excluding tert-OH is 2. The minimum absolute atomic E-state index is 0.0164. The highest BCUT2D eigenvalue weighted by Gasteiger charge is 2.52. The fourth-order valence-corrected chi connectivity index (χ4v) is 6.73. The maximum absolute atomic E-state index is 13.5. The van der Waals surface area contributed by atoms with Gasteiger partial charge in [0, 0.05) is 24.3 Å². The van der Waals surface area contributed by atoms with Gasteiger partial charge in [0.2, 0.25) is 5.91 Å². The van der Waals surface area contributed by atoms with Gasteiger partial charge in [-0.05, 0) is 69.4 Å². The molecule has 1 fully saturated rings. The Balaban J connectivity index is 1.25. The van der Waals surface area contributed by atoms with E-state index in [-0.39, 0.29) is 35.4 Å². The van der Waals surface area contributed by atoms with Gasteiger partial charge in [0.25, 0.3) is 0 Å². The highest BCUT2D eigenvalue weighted by Crippen LogP contribution is 2.44. The van der Waals surface area contributed by atoms with Crippen molar-refractivity contribution in [2.75, 3.05) is 0 Å². The number of thiazole rings is 1. The van der Waals surface area contributed by atoms with Gasteiger partial charge in [0.15, 0.2) is 0 Å². The van der Waals surface area contributed by atoms with Gasteiger partial charge in [-0.25, -0.2) is 15.2 Å². The van der Waals surface area contributed by atoms with Gasteiger partial charge in [-0.1, -0.05) is 56.7 Å². The van der Waals surface area contributed by atoms with Gasteiger partial charge >= 0.3 is 5.97 Å². The third-order valence-corrected chi connectivity index (χ3v) is 10.4. The fraction of sp³-hybridized carbons (Fsp3) is 0.600. The SMILES string of the molecule is CC(=O)NN[C@@H](C[C@@H]1O[C@]1(C)CCC[C@H](C)[C@H](O)[C@@H](C)C(=O)C(C)(C)[C@@H](O)CC(=O)On1nnc2ccccc21)/C(C)=C/c1csc(C)n1. The molecule has 0 aliphatic carbocycles. The van der Waals surface area contributed by atoms with Crippen molar-refractivity contribution in [3.63, 3.8) is 0 Å². The molecular weight excluding hydrogens is 648 g/mol. The number of fused-ring (bicyclic) bond motifs is 1. The molecule has 1 aliphatic heterocycles. The zero-order valence-corrected chi connectivity index (χ0v) is 30.4. The molecule has 0 spiro atoms. The number of hydrazine groups is 1. The monoisotopic (exact) mass is 698 g/mol. The minimum atomic E-state index is -1.34. The number of ketones is 1. The van der Waals surface area contributed by atoms with Gasteiger partial charge in [-0.2, -0.15) is 0 Å². The number of nitrogens with one attached hydrogen (secondary N) is 2. The number of benzene rings is 1. The summed E-state index contributed by atoms with van der Waals surface area (Å²) < 4.78 is 6.15. The second-order valence-corrected chi connectivity index (χ2v) is 15.1. The number of amides is 1. The second kappa shape index (κ2) is 16.0. The number of epoxide rings is 1. The largest absolute Gasteiger partial charge is 0.392 e. The van der Waals surface area contributed by atoms with Gasteiger partial charge in [-0.15, -0.1) is 16.4 Å². The van der Waals surface area contributed by atoms with Crippen LogP contribution in [-0.4, -0.2) is 78.0 Å². The Hall–Kier alpha value is -3.56. The number of aryl methyl sites for hydroxylation is 1. The first-order valence-corrected chi connectivity index (χ1v) is 17.6. The third-order valence-electron chi connectivity index (χ3n) is 9.65. The van der Waals surface area contributed by atoms with Crippen molar-refractivity contribution >= 4 is 46.1 Å². The van der Waals surface area contributed by atoms with E-state index in [9.17, 15) is 24.6 Å². The molecule has 0 radical (unpaired) electrons. The first kappa shape index (κ1) is 38.2. The number of aliphatic hydroxyl groups is 2. The molecule has 3 aromatic rings. The quantitative estimate of drug-likeness (QED) is 0.0858. The predicted octanol–water partition coefficient (Wildman–Crippen LogP) is 3.96. The number of nitrogens with zero attached hydrogens (tertiary/aromatic N) is 4. The van der Waals surface area contributed by atoms with E-state index >= 15 is 0 Å². The highest BCUT2D eigenvalue weighted by atomic mass is 32.1. The van der Waals surface area contributed by atoms with Gasteiger partial charge in [-0.3, -0.25) is 15.0 Å². The van der Waals surface area contributed by atoms with Crippen LogP contribution in [0.1, 0.15) is 91.3 Å². The number of Topliss-reactive ketones (excluding diaryl/α,β-unsaturated/α-hetero) is 1. The highest BCUT2D eigenvalue weighted by molar-refractivity contribution is 7.09. The molecule has 3 heterocycles. The van der Waals surface area contributed by atoms with Gasteiger partial charge < -0.3 is 19.8 Å². The number of aromatic nitrogens is 4. The molecule has 13 nitrogen and oxygen atoms in total. The van der Waals surface area contributed by atoms with Crippen molar-refractivity contribution in [3.8, 4) is 0 Å². The Morgan fingerprint density at radius 1 is 1.20 bits per heavy atom. The van der Waals surface area contributed by atoms with Crippen LogP contribution >= 0.6 is 11.3 Å². The van der Waals surface area contributed by atoms with E-state index in [0.29, 0.717) is 23.9 Å². The first-order valence-electron chi connectivity index (χ1n) is 16.7.